The number of hydrogen-bond acceptors (Lipinski definition) is 9. The maximum absolute atomic E-state index is 12.2. The normalized spacial score (nSPS) is 13.4. The van der Waals surface area contributed by atoms with E-state index < -0.39 is 11.6 Å². The SMILES string of the molecule is CC(C)(C)OC(=O)COCCOCCOCCOCCOCCN1C(=O)c2ccccc2C1=O. The number of fused-ring (bicyclic) bond motifs is 1. The van der Waals surface area contributed by atoms with Crippen LogP contribution >= 0.6 is 0 Å². The number of carbonyl (C=O) groups is 3. The van der Waals surface area contributed by atoms with Crippen molar-refractivity contribution in [1.29, 1.82) is 0 Å². The summed E-state index contributed by atoms with van der Waals surface area (Å²) in [6.45, 7) is 8.86. The van der Waals surface area contributed by atoms with Crippen LogP contribution < -0.4 is 0 Å². The quantitative estimate of drug-likeness (QED) is 0.187. The first kappa shape index (κ1) is 27.9. The summed E-state index contributed by atoms with van der Waals surface area (Å²) in [5.41, 5.74) is 0.357. The van der Waals surface area contributed by atoms with E-state index in [9.17, 15) is 14.4 Å². The summed E-state index contributed by atoms with van der Waals surface area (Å²) in [6, 6.07) is 6.79. The molecule has 10 nitrogen and oxygen atoms in total. The van der Waals surface area contributed by atoms with Crippen molar-refractivity contribution in [1.82, 2.24) is 4.90 Å². The van der Waals surface area contributed by atoms with Crippen molar-refractivity contribution in [3.63, 3.8) is 0 Å². The van der Waals surface area contributed by atoms with E-state index in [1.807, 2.05) is 0 Å². The smallest absolute Gasteiger partial charge is 0.332 e. The molecular weight excluding hydrogens is 446 g/mol. The van der Waals surface area contributed by atoms with E-state index in [1.54, 1.807) is 45.0 Å². The molecule has 0 unspecified atom stereocenters. The van der Waals surface area contributed by atoms with Crippen LogP contribution in [-0.2, 0) is 33.2 Å². The lowest BCUT2D eigenvalue weighted by atomic mass is 10.1. The summed E-state index contributed by atoms with van der Waals surface area (Å²) in [5, 5.41) is 0. The van der Waals surface area contributed by atoms with Crippen LogP contribution in [0.2, 0.25) is 0 Å². The van der Waals surface area contributed by atoms with Crippen LogP contribution in [0.1, 0.15) is 41.5 Å². The topological polar surface area (TPSA) is 110 Å². The lowest BCUT2D eigenvalue weighted by Crippen LogP contribution is -2.33. The number of imide groups is 1. The van der Waals surface area contributed by atoms with Crippen LogP contribution in [0.4, 0.5) is 0 Å². The molecule has 190 valence electrons. The van der Waals surface area contributed by atoms with Crippen molar-refractivity contribution >= 4 is 17.8 Å². The van der Waals surface area contributed by atoms with Gasteiger partial charge in [0.2, 0.25) is 0 Å². The molecule has 2 amide bonds. The first-order valence-corrected chi connectivity index (χ1v) is 11.4. The molecular formula is C24H35NO9. The third kappa shape index (κ3) is 10.3. The molecule has 0 aliphatic carbocycles. The van der Waals surface area contributed by atoms with Gasteiger partial charge in [0.15, 0.2) is 0 Å². The van der Waals surface area contributed by atoms with Crippen molar-refractivity contribution in [3.05, 3.63) is 35.4 Å². The largest absolute Gasteiger partial charge is 0.458 e. The zero-order valence-electron chi connectivity index (χ0n) is 20.2. The molecule has 0 N–H and O–H groups in total. The Morgan fingerprint density at radius 1 is 0.706 bits per heavy atom. The minimum Gasteiger partial charge on any atom is -0.458 e. The van der Waals surface area contributed by atoms with Crippen LogP contribution in [0, 0.1) is 0 Å². The van der Waals surface area contributed by atoms with Gasteiger partial charge in [-0.25, -0.2) is 4.79 Å². The summed E-state index contributed by atoms with van der Waals surface area (Å²) in [6.07, 6.45) is 0. The Balaban J connectivity index is 1.33. The van der Waals surface area contributed by atoms with Crippen molar-refractivity contribution in [3.8, 4) is 0 Å². The van der Waals surface area contributed by atoms with Gasteiger partial charge in [-0.3, -0.25) is 14.5 Å². The van der Waals surface area contributed by atoms with Crippen LogP contribution in [0.3, 0.4) is 0 Å². The maximum Gasteiger partial charge on any atom is 0.332 e. The number of amides is 2. The molecule has 34 heavy (non-hydrogen) atoms. The molecule has 0 radical (unpaired) electrons. The Morgan fingerprint density at radius 3 is 1.56 bits per heavy atom. The maximum atomic E-state index is 12.2. The molecule has 1 aliphatic heterocycles. The van der Waals surface area contributed by atoms with E-state index in [0.717, 1.165) is 0 Å². The van der Waals surface area contributed by atoms with Crippen LogP contribution in [0.5, 0.6) is 0 Å². The summed E-state index contributed by atoms with van der Waals surface area (Å²) in [4.78, 5) is 37.1. The Hall–Kier alpha value is -2.37. The molecule has 10 heteroatoms. The predicted octanol–water partition coefficient (Wildman–Crippen LogP) is 1.71. The zero-order valence-corrected chi connectivity index (χ0v) is 20.2. The molecule has 1 aromatic carbocycles. The molecule has 0 fully saturated rings. The second-order valence-electron chi connectivity index (χ2n) is 8.40. The second kappa shape index (κ2) is 14.8. The fourth-order valence-electron chi connectivity index (χ4n) is 3.00. The summed E-state index contributed by atoms with van der Waals surface area (Å²) >= 11 is 0. The molecule has 0 atom stereocenters. The molecule has 0 saturated carbocycles. The number of rotatable bonds is 17. The average Bonchev–Trinajstić information content (AvgIpc) is 3.02. The molecule has 1 aliphatic rings. The van der Waals surface area contributed by atoms with Gasteiger partial charge in [0.25, 0.3) is 11.8 Å². The van der Waals surface area contributed by atoms with Gasteiger partial charge in [-0.15, -0.1) is 0 Å². The zero-order chi connectivity index (χ0) is 24.8. The van der Waals surface area contributed by atoms with Crippen molar-refractivity contribution < 1.29 is 42.8 Å². The van der Waals surface area contributed by atoms with E-state index >= 15 is 0 Å². The number of esters is 1. The number of hydrogen-bond donors (Lipinski definition) is 0. The van der Waals surface area contributed by atoms with E-state index in [4.69, 9.17) is 28.4 Å². The van der Waals surface area contributed by atoms with Gasteiger partial charge in [-0.05, 0) is 32.9 Å². The molecule has 0 saturated heterocycles. The Kier molecular flexibility index (Phi) is 12.1. The minimum absolute atomic E-state index is 0.0963. The van der Waals surface area contributed by atoms with E-state index in [-0.39, 0.29) is 31.6 Å². The third-order valence-electron chi connectivity index (χ3n) is 4.47. The lowest BCUT2D eigenvalue weighted by Gasteiger charge is -2.19. The van der Waals surface area contributed by atoms with Gasteiger partial charge in [0.1, 0.15) is 12.2 Å². The highest BCUT2D eigenvalue weighted by molar-refractivity contribution is 6.21. The van der Waals surface area contributed by atoms with E-state index in [0.29, 0.717) is 64.0 Å². The van der Waals surface area contributed by atoms with Crippen LogP contribution in [-0.4, -0.2) is 101 Å². The Morgan fingerprint density at radius 2 is 1.12 bits per heavy atom. The summed E-state index contributed by atoms with van der Waals surface area (Å²) in [7, 11) is 0. The summed E-state index contributed by atoms with van der Waals surface area (Å²) in [5.74, 6) is -0.964. The summed E-state index contributed by atoms with van der Waals surface area (Å²) < 4.78 is 31.9. The minimum atomic E-state index is -0.518. The van der Waals surface area contributed by atoms with E-state index in [2.05, 4.69) is 0 Å². The van der Waals surface area contributed by atoms with Gasteiger partial charge in [-0.2, -0.15) is 0 Å². The Labute approximate surface area is 200 Å². The van der Waals surface area contributed by atoms with Gasteiger partial charge in [0.05, 0.1) is 77.1 Å². The highest BCUT2D eigenvalue weighted by Crippen LogP contribution is 2.21. The van der Waals surface area contributed by atoms with Gasteiger partial charge in [0, 0.05) is 0 Å². The molecule has 1 heterocycles. The standard InChI is InChI=1S/C24H35NO9/c1-24(2,3)34-21(26)18-33-17-16-32-15-14-31-13-12-30-11-10-29-9-8-25-22(27)19-6-4-5-7-20(19)23(25)28/h4-7H,8-18H2,1-3H3. The molecule has 0 spiro atoms. The number of nitrogens with zero attached hydrogens (tertiary/aromatic N) is 1. The molecule has 2 rings (SSSR count). The first-order chi connectivity index (χ1) is 16.3. The predicted molar refractivity (Wildman–Crippen MR) is 122 cm³/mol. The molecule has 0 aromatic heterocycles. The van der Waals surface area contributed by atoms with Gasteiger partial charge in [-0.1, -0.05) is 12.1 Å². The van der Waals surface area contributed by atoms with Crippen molar-refractivity contribution in [2.75, 3.05) is 72.6 Å². The van der Waals surface area contributed by atoms with Crippen LogP contribution in [0.15, 0.2) is 24.3 Å². The highest BCUT2D eigenvalue weighted by atomic mass is 16.6. The fourth-order valence-corrected chi connectivity index (χ4v) is 3.00. The number of benzene rings is 1. The monoisotopic (exact) mass is 481 g/mol. The fraction of sp³-hybridized carbons (Fsp3) is 0.625. The Bertz CT molecular complexity index is 756. The lowest BCUT2D eigenvalue weighted by molar-refractivity contribution is -0.160. The first-order valence-electron chi connectivity index (χ1n) is 11.4. The van der Waals surface area contributed by atoms with Gasteiger partial charge >= 0.3 is 5.97 Å². The number of ether oxygens (including phenoxy) is 6. The van der Waals surface area contributed by atoms with Crippen LogP contribution in [0.25, 0.3) is 0 Å². The second-order valence-corrected chi connectivity index (χ2v) is 8.40. The van der Waals surface area contributed by atoms with E-state index in [1.165, 1.54) is 4.90 Å². The van der Waals surface area contributed by atoms with Gasteiger partial charge < -0.3 is 28.4 Å². The van der Waals surface area contributed by atoms with Crippen molar-refractivity contribution in [2.45, 2.75) is 26.4 Å². The number of carbonyl (C=O) groups excluding carboxylic acids is 3. The molecule has 1 aromatic rings. The third-order valence-corrected chi connectivity index (χ3v) is 4.47. The van der Waals surface area contributed by atoms with Crippen molar-refractivity contribution in [2.24, 2.45) is 0 Å². The molecule has 0 bridgehead atoms. The highest BCUT2D eigenvalue weighted by Gasteiger charge is 2.34. The average molecular weight is 482 g/mol.